The summed E-state index contributed by atoms with van der Waals surface area (Å²) in [7, 11) is -2.07. The van der Waals surface area contributed by atoms with E-state index in [9.17, 15) is 13.2 Å². The number of sulfonamides is 1. The summed E-state index contributed by atoms with van der Waals surface area (Å²) in [5, 5.41) is 4.58. The van der Waals surface area contributed by atoms with E-state index in [1.165, 1.54) is 0 Å². The lowest BCUT2D eigenvalue weighted by Gasteiger charge is -2.16. The first-order valence-electron chi connectivity index (χ1n) is 8.39. The number of benzene rings is 2. The van der Waals surface area contributed by atoms with Crippen LogP contribution in [0.2, 0.25) is 0 Å². The molecule has 0 fully saturated rings. The van der Waals surface area contributed by atoms with Crippen LogP contribution in [-0.4, -0.2) is 18.8 Å². The van der Waals surface area contributed by atoms with Gasteiger partial charge in [-0.15, -0.1) is 0 Å². The molecule has 1 atom stereocenters. The van der Waals surface area contributed by atoms with Crippen molar-refractivity contribution >= 4 is 21.5 Å². The summed E-state index contributed by atoms with van der Waals surface area (Å²) in [5.41, 5.74) is 8.56. The molecule has 140 valence electrons. The third-order valence-electron chi connectivity index (χ3n) is 4.59. The Balaban J connectivity index is 1.92. The van der Waals surface area contributed by atoms with Crippen molar-refractivity contribution in [3.63, 3.8) is 0 Å². The second kappa shape index (κ2) is 7.38. The van der Waals surface area contributed by atoms with Crippen LogP contribution in [0.15, 0.2) is 66.7 Å². The molecule has 7 heteroatoms. The van der Waals surface area contributed by atoms with Crippen LogP contribution >= 0.6 is 0 Å². The van der Waals surface area contributed by atoms with Crippen LogP contribution in [-0.2, 0) is 23.5 Å². The van der Waals surface area contributed by atoms with Gasteiger partial charge in [0.25, 0.3) is 0 Å². The minimum absolute atomic E-state index is 0.157. The molecule has 1 aromatic heterocycles. The van der Waals surface area contributed by atoms with E-state index in [1.54, 1.807) is 72.3 Å². The van der Waals surface area contributed by atoms with Crippen molar-refractivity contribution in [2.45, 2.75) is 11.7 Å². The van der Waals surface area contributed by atoms with Crippen LogP contribution in [0.4, 0.5) is 5.69 Å². The Morgan fingerprint density at radius 1 is 1.00 bits per heavy atom. The van der Waals surface area contributed by atoms with Crippen LogP contribution < -0.4 is 10.9 Å². The summed E-state index contributed by atoms with van der Waals surface area (Å²) in [6, 6.07) is 19.0. The Labute approximate surface area is 158 Å². The lowest BCUT2D eigenvalue weighted by Crippen LogP contribution is -2.24. The maximum atomic E-state index is 12.7. The third-order valence-corrected chi connectivity index (χ3v) is 5.83. The minimum atomic E-state index is -3.81. The number of carbonyl (C=O) groups is 1. The number of primary sulfonamides is 1. The van der Waals surface area contributed by atoms with Gasteiger partial charge in [-0.3, -0.25) is 4.79 Å². The average molecular weight is 383 g/mol. The monoisotopic (exact) mass is 383 g/mol. The van der Waals surface area contributed by atoms with E-state index >= 15 is 0 Å². The summed E-state index contributed by atoms with van der Waals surface area (Å²) in [6.45, 7) is 0. The van der Waals surface area contributed by atoms with E-state index in [0.717, 1.165) is 0 Å². The number of ketones is 1. The number of rotatable bonds is 6. The van der Waals surface area contributed by atoms with Crippen molar-refractivity contribution in [1.29, 1.82) is 0 Å². The van der Waals surface area contributed by atoms with Gasteiger partial charge in [-0.2, -0.15) is 0 Å². The van der Waals surface area contributed by atoms with Crippen LogP contribution in [0.1, 0.15) is 32.6 Å². The molecule has 3 rings (SSSR count). The normalized spacial score (nSPS) is 12.7. The molecule has 0 saturated heterocycles. The van der Waals surface area contributed by atoms with E-state index in [2.05, 4.69) is 0 Å². The molecule has 3 aromatic rings. The van der Waals surface area contributed by atoms with Crippen molar-refractivity contribution < 1.29 is 13.2 Å². The van der Waals surface area contributed by atoms with E-state index in [1.807, 2.05) is 6.07 Å². The second-order valence-corrected chi connectivity index (χ2v) is 8.16. The summed E-state index contributed by atoms with van der Waals surface area (Å²) in [5.74, 6) is -0.157. The Bertz CT molecular complexity index is 1060. The number of nitrogen functional groups attached to an aromatic ring is 1. The maximum absolute atomic E-state index is 12.7. The highest BCUT2D eigenvalue weighted by Gasteiger charge is 2.26. The van der Waals surface area contributed by atoms with Gasteiger partial charge in [-0.25, -0.2) is 13.6 Å². The SMILES string of the molecule is Cn1c(CC(c2ccccc2)S(N)(=O)=O)ccc1C(=O)c1ccc(N)cc1. The van der Waals surface area contributed by atoms with Gasteiger partial charge in [-0.05, 0) is 42.0 Å². The molecule has 0 bridgehead atoms. The standard InChI is InChI=1S/C20H21N3O3S/c1-23-17(13-19(27(22,25)26)14-5-3-2-4-6-14)11-12-18(23)20(24)15-7-9-16(21)10-8-15/h2-12,19H,13,21H2,1H3,(H2,22,25,26). The lowest BCUT2D eigenvalue weighted by molar-refractivity contribution is 0.103. The predicted molar refractivity (Wildman–Crippen MR) is 106 cm³/mol. The van der Waals surface area contributed by atoms with Gasteiger partial charge in [0.1, 0.15) is 5.25 Å². The number of hydrogen-bond donors (Lipinski definition) is 2. The zero-order chi connectivity index (χ0) is 19.6. The second-order valence-electron chi connectivity index (χ2n) is 6.41. The maximum Gasteiger partial charge on any atom is 0.216 e. The fourth-order valence-corrected chi connectivity index (χ4v) is 3.99. The molecule has 0 aliphatic heterocycles. The van der Waals surface area contributed by atoms with Crippen molar-refractivity contribution in [1.82, 2.24) is 4.57 Å². The zero-order valence-electron chi connectivity index (χ0n) is 14.9. The molecular formula is C20H21N3O3S. The molecule has 6 nitrogen and oxygen atoms in total. The molecule has 0 aliphatic rings. The van der Waals surface area contributed by atoms with Crippen molar-refractivity contribution in [3.8, 4) is 0 Å². The van der Waals surface area contributed by atoms with Crippen molar-refractivity contribution in [2.24, 2.45) is 12.2 Å². The predicted octanol–water partition coefficient (Wildman–Crippen LogP) is 2.41. The molecule has 27 heavy (non-hydrogen) atoms. The topological polar surface area (TPSA) is 108 Å². The number of anilines is 1. The largest absolute Gasteiger partial charge is 0.399 e. The van der Waals surface area contributed by atoms with Gasteiger partial charge in [-0.1, -0.05) is 30.3 Å². The summed E-state index contributed by atoms with van der Waals surface area (Å²) < 4.78 is 26.0. The van der Waals surface area contributed by atoms with Crippen LogP contribution in [0.25, 0.3) is 0 Å². The van der Waals surface area contributed by atoms with Crippen LogP contribution in [0.3, 0.4) is 0 Å². The van der Waals surface area contributed by atoms with Crippen LogP contribution in [0.5, 0.6) is 0 Å². The van der Waals surface area contributed by atoms with Gasteiger partial charge in [0, 0.05) is 30.4 Å². The lowest BCUT2D eigenvalue weighted by atomic mass is 10.1. The number of hydrogen-bond acceptors (Lipinski definition) is 4. The fraction of sp³-hybridized carbons (Fsp3) is 0.150. The smallest absolute Gasteiger partial charge is 0.216 e. The van der Waals surface area contributed by atoms with Crippen LogP contribution in [0, 0.1) is 0 Å². The molecule has 0 aliphatic carbocycles. The van der Waals surface area contributed by atoms with Gasteiger partial charge < -0.3 is 10.3 Å². The number of nitrogens with zero attached hydrogens (tertiary/aromatic N) is 1. The van der Waals surface area contributed by atoms with Gasteiger partial charge in [0.2, 0.25) is 15.8 Å². The van der Waals surface area contributed by atoms with Crippen molar-refractivity contribution in [2.75, 3.05) is 5.73 Å². The van der Waals surface area contributed by atoms with E-state index in [-0.39, 0.29) is 12.2 Å². The first kappa shape index (κ1) is 18.9. The van der Waals surface area contributed by atoms with E-state index in [4.69, 9.17) is 10.9 Å². The number of aromatic nitrogens is 1. The first-order chi connectivity index (χ1) is 12.8. The molecule has 0 radical (unpaired) electrons. The first-order valence-corrected chi connectivity index (χ1v) is 9.99. The van der Waals surface area contributed by atoms with Gasteiger partial charge >= 0.3 is 0 Å². The van der Waals surface area contributed by atoms with Crippen molar-refractivity contribution in [3.05, 3.63) is 89.2 Å². The number of carbonyl (C=O) groups excluding carboxylic acids is 1. The summed E-state index contributed by atoms with van der Waals surface area (Å²) in [6.07, 6.45) is 0.175. The Kier molecular flexibility index (Phi) is 5.16. The molecule has 0 spiro atoms. The highest BCUT2D eigenvalue weighted by Crippen LogP contribution is 2.26. The summed E-state index contributed by atoms with van der Waals surface area (Å²) >= 11 is 0. The molecular weight excluding hydrogens is 362 g/mol. The highest BCUT2D eigenvalue weighted by molar-refractivity contribution is 7.89. The molecule has 0 amide bonds. The minimum Gasteiger partial charge on any atom is -0.399 e. The molecule has 2 aromatic carbocycles. The molecule has 1 unspecified atom stereocenters. The number of nitrogens with two attached hydrogens (primary N) is 2. The molecule has 1 heterocycles. The Hall–Kier alpha value is -2.90. The quantitative estimate of drug-likeness (QED) is 0.503. The molecule has 4 N–H and O–H groups in total. The van der Waals surface area contributed by atoms with E-state index < -0.39 is 15.3 Å². The third kappa shape index (κ3) is 4.10. The summed E-state index contributed by atoms with van der Waals surface area (Å²) in [4.78, 5) is 12.7. The van der Waals surface area contributed by atoms with Gasteiger partial charge in [0.15, 0.2) is 0 Å². The Morgan fingerprint density at radius 3 is 2.22 bits per heavy atom. The fourth-order valence-electron chi connectivity index (χ4n) is 3.05. The van der Waals surface area contributed by atoms with E-state index in [0.29, 0.717) is 28.2 Å². The highest BCUT2D eigenvalue weighted by atomic mass is 32.2. The average Bonchev–Trinajstić information content (AvgIpc) is 3.00. The zero-order valence-corrected chi connectivity index (χ0v) is 15.7. The van der Waals surface area contributed by atoms with Gasteiger partial charge in [0.05, 0.1) is 5.69 Å². The molecule has 0 saturated carbocycles. The Morgan fingerprint density at radius 2 is 1.63 bits per heavy atom.